The lowest BCUT2D eigenvalue weighted by atomic mass is 9.35. The molecular formula is C132H140B2N4S2. The number of fused-ring (bicyclic) bond motifs is 18. The molecule has 16 aromatic rings. The molecule has 4 nitrogen and oxygen atoms in total. The first-order chi connectivity index (χ1) is 66.0. The van der Waals surface area contributed by atoms with Crippen molar-refractivity contribution in [1.82, 2.24) is 0 Å². The summed E-state index contributed by atoms with van der Waals surface area (Å²) in [6, 6.07) is 96.9. The number of hydrogen-bond acceptors (Lipinski definition) is 6. The van der Waals surface area contributed by atoms with Gasteiger partial charge < -0.3 is 19.6 Å². The quantitative estimate of drug-likeness (QED) is 0.120. The van der Waals surface area contributed by atoms with Crippen molar-refractivity contribution in [3.8, 4) is 22.3 Å². The molecule has 0 atom stereocenters. The van der Waals surface area contributed by atoms with Crippen LogP contribution in [0.5, 0.6) is 0 Å². The molecule has 2 aromatic heterocycles. The Hall–Kier alpha value is -11.2. The Morgan fingerprint density at radius 2 is 0.643 bits per heavy atom. The van der Waals surface area contributed by atoms with Gasteiger partial charge in [-0.3, -0.25) is 0 Å². The molecule has 0 saturated carbocycles. The van der Waals surface area contributed by atoms with Crippen molar-refractivity contribution in [3.63, 3.8) is 0 Å². The van der Waals surface area contributed by atoms with Crippen LogP contribution in [0.3, 0.4) is 0 Å². The Morgan fingerprint density at radius 1 is 0.271 bits per heavy atom. The van der Waals surface area contributed by atoms with Crippen molar-refractivity contribution in [3.05, 3.63) is 320 Å². The molecule has 6 heterocycles. The van der Waals surface area contributed by atoms with E-state index < -0.39 is 0 Å². The van der Waals surface area contributed by atoms with Crippen LogP contribution >= 0.6 is 22.7 Å². The maximum absolute atomic E-state index is 2.79. The van der Waals surface area contributed by atoms with Gasteiger partial charge in [0.2, 0.25) is 0 Å². The molecule has 8 heteroatoms. The molecule has 0 bridgehead atoms. The number of rotatable bonds is 11. The summed E-state index contributed by atoms with van der Waals surface area (Å²) in [5.74, 6) is 0. The lowest BCUT2D eigenvalue weighted by Crippen LogP contribution is -2.61. The highest BCUT2D eigenvalue weighted by molar-refractivity contribution is 7.34. The zero-order valence-electron chi connectivity index (χ0n) is 88.3. The van der Waals surface area contributed by atoms with Gasteiger partial charge in [-0.15, -0.1) is 22.7 Å². The monoisotopic (exact) mass is 1870 g/mol. The summed E-state index contributed by atoms with van der Waals surface area (Å²) in [4.78, 5) is 11.1. The standard InChI is InChI=1S/C132H140B2N4S2/c1-77-59-78(2)61-89(60-77)136-111-63-80(4)64-112-117(111)134(121-119(136)95-70-97-103(76-115(95)140-121)132(26,27)58-52-126(97,14)15)104-71-98-100(129(20,21)55-53-127(98,16)17)73-108(104)137(112)106-48-44-87(68-92(106)84-40-39-81-33-28-29-35-83(81)66-84)124(10,11)50-49-123(8,9)85-41-45-88(46-42-85)135-110-62-79(3)65-113-116(110)133(120-118(135)94-69-96-102(75-114(94)139-120)131(24,25)57-51-125(96,12)13)105-72-99-101(130(22,23)56-54-128(99,18)19)74-109(105)138(113)107-47-43-86(122(5,6)7)67-93(107)91-38-32-36-82-34-30-31-37-90(82)91/h28-48,59-76H,49-58H2,1-27H3. The number of hydrogen-bond donors (Lipinski definition) is 0. The number of nitrogens with zero attached hydrogens (tertiary/aromatic N) is 4. The minimum atomic E-state index is -0.243. The Balaban J connectivity index is 0.652. The molecule has 14 aromatic carbocycles. The highest BCUT2D eigenvalue weighted by Gasteiger charge is 2.53. The zero-order valence-corrected chi connectivity index (χ0v) is 90.0. The first-order valence-electron chi connectivity index (χ1n) is 52.6. The average Bonchev–Trinajstić information content (AvgIpc) is 1.40. The molecule has 8 aliphatic rings. The second kappa shape index (κ2) is 30.7. The van der Waals surface area contributed by atoms with E-state index in [0.717, 1.165) is 44.9 Å². The first kappa shape index (κ1) is 91.3. The van der Waals surface area contributed by atoms with Crippen LogP contribution in [-0.4, -0.2) is 13.4 Å². The van der Waals surface area contributed by atoms with Gasteiger partial charge in [0.15, 0.2) is 0 Å². The zero-order chi connectivity index (χ0) is 98.0. The second-order valence-electron chi connectivity index (χ2n) is 52.0. The van der Waals surface area contributed by atoms with Crippen LogP contribution in [0.15, 0.2) is 237 Å². The molecule has 0 amide bonds. The third-order valence-corrected chi connectivity index (χ3v) is 38.9. The molecule has 0 saturated heterocycles. The van der Waals surface area contributed by atoms with E-state index in [1.54, 1.807) is 0 Å². The number of benzene rings is 14. The fourth-order valence-electron chi connectivity index (χ4n) is 27.2. The lowest BCUT2D eigenvalue weighted by molar-refractivity contribution is 0.332. The van der Waals surface area contributed by atoms with Gasteiger partial charge in [0.05, 0.1) is 22.7 Å². The predicted molar refractivity (Wildman–Crippen MR) is 612 cm³/mol. The SMILES string of the molecule is Cc1cc(C)cc(N2c3cc(C)cc4c3B(c3cc5c(cc3N4c3ccc(C(C)(C)CCC(C)(C)c4ccc(N6c7cc(C)cc8c7B(c7cc9c(cc7N8c7ccc(C(C)(C)C)cc7-c7cccc8ccccc78)C(C)(C)CCC9(C)C)c7sc8cc9c(cc8c76)C(C)(C)CCC9(C)C)cc4)cc3-c3ccc4ccccc4c3)C(C)(C)CCC5(C)C)c3sc4cc5c(cc4c32)C(C)(C)CCC5(C)C)c1. The Bertz CT molecular complexity index is 7990. The summed E-state index contributed by atoms with van der Waals surface area (Å²) in [6.45, 7) is 66.8. The molecule has 140 heavy (non-hydrogen) atoms. The summed E-state index contributed by atoms with van der Waals surface area (Å²) in [5, 5.41) is 7.79. The van der Waals surface area contributed by atoms with E-state index in [2.05, 4.69) is 466 Å². The smallest absolute Gasteiger partial charge is 0.264 e. The van der Waals surface area contributed by atoms with Crippen LogP contribution in [0.1, 0.15) is 307 Å². The van der Waals surface area contributed by atoms with Gasteiger partial charge in [0, 0.05) is 86.4 Å². The number of thiophene rings is 2. The van der Waals surface area contributed by atoms with E-state index >= 15 is 0 Å². The molecule has 0 N–H and O–H groups in total. The van der Waals surface area contributed by atoms with Gasteiger partial charge >= 0.3 is 0 Å². The molecule has 0 spiro atoms. The highest BCUT2D eigenvalue weighted by atomic mass is 32.1. The van der Waals surface area contributed by atoms with Gasteiger partial charge in [-0.2, -0.15) is 0 Å². The van der Waals surface area contributed by atoms with Gasteiger partial charge in [-0.05, 0) is 405 Å². The van der Waals surface area contributed by atoms with Crippen molar-refractivity contribution in [1.29, 1.82) is 0 Å². The molecule has 0 fully saturated rings. The Kier molecular flexibility index (Phi) is 20.0. The molecule has 24 rings (SSSR count). The van der Waals surface area contributed by atoms with E-state index in [9.17, 15) is 0 Å². The van der Waals surface area contributed by atoms with Gasteiger partial charge in [-0.1, -0.05) is 281 Å². The largest absolute Gasteiger partial charge is 0.311 e. The summed E-state index contributed by atoms with van der Waals surface area (Å²) in [5.41, 5.74) is 46.6. The maximum atomic E-state index is 2.79. The first-order valence-corrected chi connectivity index (χ1v) is 54.2. The third-order valence-electron chi connectivity index (χ3n) is 36.5. The van der Waals surface area contributed by atoms with Gasteiger partial charge in [0.1, 0.15) is 0 Å². The minimum absolute atomic E-state index is 0.00972. The van der Waals surface area contributed by atoms with E-state index in [-0.39, 0.29) is 73.0 Å². The predicted octanol–water partition coefficient (Wildman–Crippen LogP) is 33.9. The normalized spacial score (nSPS) is 18.3. The summed E-state index contributed by atoms with van der Waals surface area (Å²) in [6.07, 6.45) is 11.2. The van der Waals surface area contributed by atoms with Crippen LogP contribution in [0.25, 0.3) is 64.0 Å². The van der Waals surface area contributed by atoms with E-state index in [0.29, 0.717) is 0 Å². The highest BCUT2D eigenvalue weighted by Crippen LogP contribution is 2.61. The molecule has 0 radical (unpaired) electrons. The van der Waals surface area contributed by atoms with Crippen LogP contribution < -0.4 is 51.0 Å². The van der Waals surface area contributed by atoms with E-state index in [1.807, 2.05) is 0 Å². The molecule has 4 aliphatic heterocycles. The van der Waals surface area contributed by atoms with Gasteiger partial charge in [-0.25, -0.2) is 0 Å². The third kappa shape index (κ3) is 14.0. The summed E-state index contributed by atoms with van der Waals surface area (Å²) in [7, 11) is 0. The molecule has 706 valence electrons. The van der Waals surface area contributed by atoms with Crippen molar-refractivity contribution in [2.45, 2.75) is 311 Å². The van der Waals surface area contributed by atoms with Crippen molar-refractivity contribution < 1.29 is 0 Å². The molecule has 0 unspecified atom stereocenters. The van der Waals surface area contributed by atoms with Crippen LogP contribution in [0, 0.1) is 27.7 Å². The van der Waals surface area contributed by atoms with Crippen LogP contribution in [0.4, 0.5) is 68.2 Å². The molecule has 4 aliphatic carbocycles. The van der Waals surface area contributed by atoms with Crippen LogP contribution in [0.2, 0.25) is 0 Å². The van der Waals surface area contributed by atoms with Crippen LogP contribution in [-0.2, 0) is 59.6 Å². The minimum Gasteiger partial charge on any atom is -0.311 e. The Labute approximate surface area is 843 Å². The number of aryl methyl sites for hydroxylation is 4. The maximum Gasteiger partial charge on any atom is 0.264 e. The fraction of sp³-hybridized carbons (Fsp3) is 0.364. The van der Waals surface area contributed by atoms with E-state index in [1.165, 1.54) is 266 Å². The van der Waals surface area contributed by atoms with E-state index in [4.69, 9.17) is 0 Å². The van der Waals surface area contributed by atoms with Gasteiger partial charge in [0.25, 0.3) is 13.4 Å². The van der Waals surface area contributed by atoms with Crippen molar-refractivity contribution >= 4 is 177 Å². The molecular weight excluding hydrogens is 1730 g/mol. The topological polar surface area (TPSA) is 13.0 Å². The van der Waals surface area contributed by atoms with Crippen molar-refractivity contribution in [2.24, 2.45) is 0 Å². The second-order valence-corrected chi connectivity index (χ2v) is 54.2. The lowest BCUT2D eigenvalue weighted by Gasteiger charge is -2.47. The van der Waals surface area contributed by atoms with Crippen molar-refractivity contribution in [2.75, 3.05) is 19.6 Å². The Morgan fingerprint density at radius 3 is 1.11 bits per heavy atom. The fourth-order valence-corrected chi connectivity index (χ4v) is 29.9. The number of anilines is 12. The average molecular weight is 1870 g/mol. The summed E-state index contributed by atoms with van der Waals surface area (Å²) >= 11 is 4.16. The summed E-state index contributed by atoms with van der Waals surface area (Å²) < 4.78 is 5.68.